The predicted molar refractivity (Wildman–Crippen MR) is 272 cm³/mol. The van der Waals surface area contributed by atoms with Crippen LogP contribution in [0.2, 0.25) is 0 Å². The molecule has 0 unspecified atom stereocenters. The molecule has 0 atom stereocenters. The van der Waals surface area contributed by atoms with Gasteiger partial charge in [-0.1, -0.05) is 82.1 Å². The van der Waals surface area contributed by atoms with Crippen molar-refractivity contribution in [2.24, 2.45) is 17.8 Å². The van der Waals surface area contributed by atoms with Crippen molar-refractivity contribution in [1.29, 1.82) is 0 Å². The van der Waals surface area contributed by atoms with Crippen molar-refractivity contribution in [2.45, 2.75) is 154 Å². The van der Waals surface area contributed by atoms with E-state index in [0.717, 1.165) is 135 Å². The van der Waals surface area contributed by atoms with E-state index in [1.54, 1.807) is 0 Å². The highest BCUT2D eigenvalue weighted by Gasteiger charge is 2.14. The standard InChI is InChI=1S/C54H97N9/c1-4-17-47(18-5-1)41-58-31-11-25-55-28-14-34-61-44-50-23-10-24-53(38-50)54-39-51(45-62-35-15-29-56-26-12-32-59-42-48-19-6-2-7-20-48)37-52(40-54)46-63-36-16-30-57-27-13-33-60-43-49-21-8-3-9-22-49/h10,23-24,37-40,47-49,55-63H,1-9,11-22,25-36,41-46H2. The molecule has 0 saturated heterocycles. The molecule has 2 aromatic rings. The van der Waals surface area contributed by atoms with Gasteiger partial charge in [-0.25, -0.2) is 0 Å². The zero-order valence-electron chi connectivity index (χ0n) is 40.4. The van der Waals surface area contributed by atoms with E-state index >= 15 is 0 Å². The molecular weight excluding hydrogens is 775 g/mol. The summed E-state index contributed by atoms with van der Waals surface area (Å²) in [7, 11) is 0. The summed E-state index contributed by atoms with van der Waals surface area (Å²) in [5.74, 6) is 2.77. The van der Waals surface area contributed by atoms with E-state index in [1.165, 1.54) is 163 Å². The van der Waals surface area contributed by atoms with Crippen molar-refractivity contribution in [3.05, 3.63) is 59.2 Å². The lowest BCUT2D eigenvalue weighted by Crippen LogP contribution is -2.28. The summed E-state index contributed by atoms with van der Waals surface area (Å²) in [6.45, 7) is 19.4. The van der Waals surface area contributed by atoms with Crippen LogP contribution in [-0.2, 0) is 19.6 Å². The molecule has 9 N–H and O–H groups in total. The van der Waals surface area contributed by atoms with E-state index < -0.39 is 0 Å². The van der Waals surface area contributed by atoms with Crippen LogP contribution in [0.4, 0.5) is 0 Å². The third kappa shape index (κ3) is 25.0. The number of rotatable bonds is 37. The van der Waals surface area contributed by atoms with Crippen LogP contribution >= 0.6 is 0 Å². The van der Waals surface area contributed by atoms with Crippen molar-refractivity contribution in [3.8, 4) is 11.1 Å². The SMILES string of the molecule is c1cc(CNCCCNCCCNCC2CCCCC2)cc(-c2cc(CNCCCNCCCNCC3CCCCC3)cc(CNCCCNCCCNCC3CCCCC3)c2)c1. The van der Waals surface area contributed by atoms with Gasteiger partial charge in [-0.2, -0.15) is 0 Å². The zero-order valence-corrected chi connectivity index (χ0v) is 40.4. The molecule has 0 spiro atoms. The van der Waals surface area contributed by atoms with E-state index in [4.69, 9.17) is 0 Å². The third-order valence-electron chi connectivity index (χ3n) is 14.0. The summed E-state index contributed by atoms with van der Waals surface area (Å²) in [5.41, 5.74) is 6.73. The molecule has 63 heavy (non-hydrogen) atoms. The largest absolute Gasteiger partial charge is 0.317 e. The van der Waals surface area contributed by atoms with Crippen molar-refractivity contribution in [1.82, 2.24) is 47.9 Å². The quantitative estimate of drug-likeness (QED) is 0.0311. The van der Waals surface area contributed by atoms with Gasteiger partial charge in [0.05, 0.1) is 0 Å². The molecule has 3 aliphatic rings. The van der Waals surface area contributed by atoms with Gasteiger partial charge in [-0.05, 0) is 239 Å². The Balaban J connectivity index is 0.963. The summed E-state index contributed by atoms with van der Waals surface area (Å²) in [5, 5.41) is 33.3. The summed E-state index contributed by atoms with van der Waals surface area (Å²) in [4.78, 5) is 0. The number of hydrogen-bond donors (Lipinski definition) is 9. The van der Waals surface area contributed by atoms with Crippen LogP contribution in [0.1, 0.15) is 152 Å². The smallest absolute Gasteiger partial charge is 0.0205 e. The first-order valence-corrected chi connectivity index (χ1v) is 26.9. The maximum absolute atomic E-state index is 3.76. The maximum Gasteiger partial charge on any atom is 0.0205 e. The lowest BCUT2D eigenvalue weighted by Gasteiger charge is -2.21. The topological polar surface area (TPSA) is 108 Å². The number of benzene rings is 2. The van der Waals surface area contributed by atoms with Crippen molar-refractivity contribution >= 4 is 0 Å². The Labute approximate surface area is 387 Å². The van der Waals surface area contributed by atoms with Gasteiger partial charge in [0, 0.05) is 19.6 Å². The van der Waals surface area contributed by atoms with E-state index in [0.29, 0.717) is 0 Å². The average Bonchev–Trinajstić information content (AvgIpc) is 3.32. The molecule has 2 aromatic carbocycles. The van der Waals surface area contributed by atoms with E-state index in [2.05, 4.69) is 90.3 Å². The molecule has 3 saturated carbocycles. The van der Waals surface area contributed by atoms with E-state index in [1.807, 2.05) is 0 Å². The fraction of sp³-hybridized carbons (Fsp3) is 0.778. The lowest BCUT2D eigenvalue weighted by molar-refractivity contribution is 0.342. The Morgan fingerprint density at radius 1 is 0.302 bits per heavy atom. The Bertz CT molecular complexity index is 1310. The molecule has 0 aliphatic heterocycles. The molecule has 3 aliphatic carbocycles. The van der Waals surface area contributed by atoms with Gasteiger partial charge in [-0.3, -0.25) is 0 Å². The van der Waals surface area contributed by atoms with Gasteiger partial charge in [-0.15, -0.1) is 0 Å². The molecular formula is C54H97N9. The van der Waals surface area contributed by atoms with Crippen LogP contribution in [-0.4, -0.2) is 98.2 Å². The van der Waals surface area contributed by atoms with Crippen LogP contribution in [0.3, 0.4) is 0 Å². The molecule has 0 heterocycles. The lowest BCUT2D eigenvalue weighted by atomic mass is 9.89. The van der Waals surface area contributed by atoms with Gasteiger partial charge < -0.3 is 47.9 Å². The molecule has 9 nitrogen and oxygen atoms in total. The predicted octanol–water partition coefficient (Wildman–Crippen LogP) is 8.24. The summed E-state index contributed by atoms with van der Waals surface area (Å²) < 4.78 is 0. The van der Waals surface area contributed by atoms with Crippen molar-refractivity contribution in [3.63, 3.8) is 0 Å². The Kier molecular flexibility index (Phi) is 29.2. The molecule has 0 radical (unpaired) electrons. The second-order valence-corrected chi connectivity index (χ2v) is 19.8. The van der Waals surface area contributed by atoms with Gasteiger partial charge in [0.1, 0.15) is 0 Å². The number of nitrogens with one attached hydrogen (secondary N) is 9. The molecule has 5 rings (SSSR count). The second-order valence-electron chi connectivity index (χ2n) is 19.8. The molecule has 0 bridgehead atoms. The fourth-order valence-electron chi connectivity index (χ4n) is 10.2. The molecule has 0 aromatic heterocycles. The second kappa shape index (κ2) is 35.3. The highest BCUT2D eigenvalue weighted by atomic mass is 14.9. The van der Waals surface area contributed by atoms with Crippen LogP contribution in [0.25, 0.3) is 11.1 Å². The highest BCUT2D eigenvalue weighted by Crippen LogP contribution is 2.26. The Morgan fingerprint density at radius 3 is 1.00 bits per heavy atom. The minimum absolute atomic E-state index is 0.900. The Hall–Kier alpha value is -1.92. The van der Waals surface area contributed by atoms with Gasteiger partial charge in [0.25, 0.3) is 0 Å². The zero-order chi connectivity index (χ0) is 43.5. The average molecular weight is 872 g/mol. The minimum Gasteiger partial charge on any atom is -0.317 e. The normalized spacial score (nSPS) is 16.9. The van der Waals surface area contributed by atoms with Crippen molar-refractivity contribution in [2.75, 3.05) is 98.2 Å². The highest BCUT2D eigenvalue weighted by molar-refractivity contribution is 5.66. The van der Waals surface area contributed by atoms with Gasteiger partial charge >= 0.3 is 0 Å². The van der Waals surface area contributed by atoms with Crippen LogP contribution in [0, 0.1) is 17.8 Å². The van der Waals surface area contributed by atoms with E-state index in [9.17, 15) is 0 Å². The van der Waals surface area contributed by atoms with Gasteiger partial charge in [0.2, 0.25) is 0 Å². The molecule has 3 fully saturated rings. The molecule has 9 heteroatoms. The Morgan fingerprint density at radius 2 is 0.619 bits per heavy atom. The first kappa shape index (κ1) is 52.1. The number of hydrogen-bond acceptors (Lipinski definition) is 9. The fourth-order valence-corrected chi connectivity index (χ4v) is 10.2. The molecule has 0 amide bonds. The molecule has 358 valence electrons. The third-order valence-corrected chi connectivity index (χ3v) is 14.0. The maximum atomic E-state index is 3.76. The van der Waals surface area contributed by atoms with Crippen LogP contribution in [0.15, 0.2) is 42.5 Å². The summed E-state index contributed by atoms with van der Waals surface area (Å²) >= 11 is 0. The monoisotopic (exact) mass is 872 g/mol. The first-order chi connectivity index (χ1) is 31.3. The van der Waals surface area contributed by atoms with E-state index in [-0.39, 0.29) is 0 Å². The van der Waals surface area contributed by atoms with Crippen LogP contribution in [0.5, 0.6) is 0 Å². The first-order valence-electron chi connectivity index (χ1n) is 26.9. The van der Waals surface area contributed by atoms with Crippen LogP contribution < -0.4 is 47.9 Å². The van der Waals surface area contributed by atoms with Crippen molar-refractivity contribution < 1.29 is 0 Å². The van der Waals surface area contributed by atoms with Gasteiger partial charge in [0.15, 0.2) is 0 Å². The summed E-state index contributed by atoms with van der Waals surface area (Å²) in [6, 6.07) is 16.4. The minimum atomic E-state index is 0.900. The summed E-state index contributed by atoms with van der Waals surface area (Å²) in [6.07, 6.45) is 28.6.